The summed E-state index contributed by atoms with van der Waals surface area (Å²) < 4.78 is 1.80. The topological polar surface area (TPSA) is 85.8 Å². The lowest BCUT2D eigenvalue weighted by Crippen LogP contribution is -2.15. The van der Waals surface area contributed by atoms with Crippen molar-refractivity contribution in [3.63, 3.8) is 0 Å². The molecule has 1 amide bonds. The third-order valence-corrected chi connectivity index (χ3v) is 5.66. The Bertz CT molecular complexity index is 1500. The molecule has 0 radical (unpaired) electrons. The fourth-order valence-corrected chi connectivity index (χ4v) is 3.90. The quantitative estimate of drug-likeness (QED) is 0.412. The number of rotatable bonds is 3. The average molecular weight is 422 g/mol. The first-order valence-corrected chi connectivity index (χ1v) is 10.4. The Labute approximate surface area is 185 Å². The molecule has 3 aromatic carbocycles. The smallest absolute Gasteiger partial charge is 0.261 e. The molecule has 2 heterocycles. The molecule has 0 bridgehead atoms. The highest BCUT2D eigenvalue weighted by Crippen LogP contribution is 2.32. The van der Waals surface area contributed by atoms with E-state index in [2.05, 4.69) is 5.32 Å². The van der Waals surface area contributed by atoms with Crippen LogP contribution in [0.1, 0.15) is 27.0 Å². The van der Waals surface area contributed by atoms with Crippen LogP contribution >= 0.6 is 0 Å². The highest BCUT2D eigenvalue weighted by atomic mass is 16.1. The van der Waals surface area contributed by atoms with Gasteiger partial charge in [0.25, 0.3) is 5.91 Å². The number of nitrogens with one attached hydrogen (secondary N) is 1. The van der Waals surface area contributed by atoms with Gasteiger partial charge in [-0.05, 0) is 62.2 Å². The maximum Gasteiger partial charge on any atom is 0.261 e. The summed E-state index contributed by atoms with van der Waals surface area (Å²) in [5.74, 6) is -0.00129. The largest absolute Gasteiger partial charge is 0.384 e. The third-order valence-electron chi connectivity index (χ3n) is 5.66. The molecule has 158 valence electrons. The summed E-state index contributed by atoms with van der Waals surface area (Å²) in [6.45, 7) is 5.98. The van der Waals surface area contributed by atoms with Crippen LogP contribution in [-0.2, 0) is 0 Å². The van der Waals surface area contributed by atoms with Crippen molar-refractivity contribution < 1.29 is 4.79 Å². The maximum atomic E-state index is 13.5. The summed E-state index contributed by atoms with van der Waals surface area (Å²) in [5, 5.41) is 3.02. The molecule has 0 fully saturated rings. The predicted molar refractivity (Wildman–Crippen MR) is 129 cm³/mol. The van der Waals surface area contributed by atoms with Gasteiger partial charge in [-0.1, -0.05) is 42.0 Å². The molecule has 0 aliphatic rings. The van der Waals surface area contributed by atoms with Crippen molar-refractivity contribution in [2.24, 2.45) is 0 Å². The monoisotopic (exact) mass is 421 g/mol. The van der Waals surface area contributed by atoms with E-state index < -0.39 is 0 Å². The zero-order valence-electron chi connectivity index (χ0n) is 18.2. The van der Waals surface area contributed by atoms with E-state index in [0.29, 0.717) is 28.1 Å². The van der Waals surface area contributed by atoms with Crippen LogP contribution in [0.4, 0.5) is 11.5 Å². The first-order chi connectivity index (χ1) is 15.4. The molecule has 0 saturated heterocycles. The van der Waals surface area contributed by atoms with E-state index in [4.69, 9.17) is 15.7 Å². The van der Waals surface area contributed by atoms with Gasteiger partial charge in [0.1, 0.15) is 16.9 Å². The van der Waals surface area contributed by atoms with Crippen molar-refractivity contribution in [1.29, 1.82) is 0 Å². The Balaban J connectivity index is 1.75. The highest BCUT2D eigenvalue weighted by Gasteiger charge is 2.25. The SMILES string of the molecule is Cc1ccc(-n2c(N)c(C(=O)Nc3cc(C)ccc3C)c3nc4ccccc4nc32)cc1. The van der Waals surface area contributed by atoms with Crippen LogP contribution in [0.15, 0.2) is 66.7 Å². The highest BCUT2D eigenvalue weighted by molar-refractivity contribution is 6.16. The number of anilines is 2. The number of amides is 1. The van der Waals surface area contributed by atoms with E-state index in [9.17, 15) is 4.79 Å². The molecule has 0 aliphatic carbocycles. The van der Waals surface area contributed by atoms with Gasteiger partial charge in [0.2, 0.25) is 0 Å². The van der Waals surface area contributed by atoms with Gasteiger partial charge < -0.3 is 11.1 Å². The summed E-state index contributed by atoms with van der Waals surface area (Å²) in [6, 6.07) is 21.5. The second kappa shape index (κ2) is 7.50. The van der Waals surface area contributed by atoms with Crippen LogP contribution in [0, 0.1) is 20.8 Å². The summed E-state index contributed by atoms with van der Waals surface area (Å²) in [7, 11) is 0. The average Bonchev–Trinajstić information content (AvgIpc) is 3.06. The number of benzene rings is 3. The number of para-hydroxylation sites is 2. The van der Waals surface area contributed by atoms with Crippen molar-refractivity contribution in [3.8, 4) is 5.69 Å². The lowest BCUT2D eigenvalue weighted by atomic mass is 10.1. The number of carbonyl (C=O) groups is 1. The number of hydrogen-bond donors (Lipinski definition) is 2. The Morgan fingerprint density at radius 3 is 2.25 bits per heavy atom. The van der Waals surface area contributed by atoms with E-state index >= 15 is 0 Å². The molecular formula is C26H23N5O. The van der Waals surface area contributed by atoms with Crippen molar-refractivity contribution in [2.45, 2.75) is 20.8 Å². The Morgan fingerprint density at radius 1 is 0.875 bits per heavy atom. The number of nitrogens with zero attached hydrogens (tertiary/aromatic N) is 3. The number of nitrogen functional groups attached to an aromatic ring is 1. The summed E-state index contributed by atoms with van der Waals surface area (Å²) >= 11 is 0. The molecule has 0 saturated carbocycles. The number of aryl methyl sites for hydroxylation is 3. The number of fused-ring (bicyclic) bond motifs is 2. The summed E-state index contributed by atoms with van der Waals surface area (Å²) in [5.41, 5.74) is 14.1. The molecule has 5 rings (SSSR count). The van der Waals surface area contributed by atoms with E-state index in [1.807, 2.05) is 87.5 Å². The molecule has 0 aliphatic heterocycles. The van der Waals surface area contributed by atoms with Gasteiger partial charge in [0, 0.05) is 11.4 Å². The first kappa shape index (κ1) is 19.8. The second-order valence-corrected chi connectivity index (χ2v) is 8.09. The van der Waals surface area contributed by atoms with Gasteiger partial charge in [0.15, 0.2) is 5.65 Å². The van der Waals surface area contributed by atoms with Crippen LogP contribution in [0.3, 0.4) is 0 Å². The molecule has 2 aromatic heterocycles. The molecular weight excluding hydrogens is 398 g/mol. The lowest BCUT2D eigenvalue weighted by molar-refractivity contribution is 0.102. The van der Waals surface area contributed by atoms with Gasteiger partial charge in [-0.15, -0.1) is 0 Å². The fraction of sp³-hybridized carbons (Fsp3) is 0.115. The predicted octanol–water partition coefficient (Wildman–Crippen LogP) is 5.33. The summed E-state index contributed by atoms with van der Waals surface area (Å²) in [6.07, 6.45) is 0. The lowest BCUT2D eigenvalue weighted by Gasteiger charge is -2.10. The van der Waals surface area contributed by atoms with Gasteiger partial charge >= 0.3 is 0 Å². The fourth-order valence-electron chi connectivity index (χ4n) is 3.90. The Kier molecular flexibility index (Phi) is 4.63. The van der Waals surface area contributed by atoms with Gasteiger partial charge in [-0.2, -0.15) is 0 Å². The Morgan fingerprint density at radius 2 is 1.53 bits per heavy atom. The van der Waals surface area contributed by atoms with Crippen LogP contribution in [-0.4, -0.2) is 20.4 Å². The van der Waals surface area contributed by atoms with Crippen molar-refractivity contribution in [1.82, 2.24) is 14.5 Å². The number of aromatic nitrogens is 3. The normalized spacial score (nSPS) is 11.2. The van der Waals surface area contributed by atoms with Crippen molar-refractivity contribution in [2.75, 3.05) is 11.1 Å². The van der Waals surface area contributed by atoms with Crippen LogP contribution in [0.2, 0.25) is 0 Å². The molecule has 0 atom stereocenters. The van der Waals surface area contributed by atoms with Gasteiger partial charge in [-0.25, -0.2) is 9.97 Å². The van der Waals surface area contributed by atoms with E-state index in [1.165, 1.54) is 0 Å². The number of nitrogens with two attached hydrogens (primary N) is 1. The molecule has 6 heteroatoms. The Hall–Kier alpha value is -4.19. The van der Waals surface area contributed by atoms with E-state index in [1.54, 1.807) is 4.57 Å². The third kappa shape index (κ3) is 3.26. The zero-order chi connectivity index (χ0) is 22.4. The van der Waals surface area contributed by atoms with E-state index in [-0.39, 0.29) is 5.91 Å². The molecule has 6 nitrogen and oxygen atoms in total. The first-order valence-electron chi connectivity index (χ1n) is 10.4. The minimum absolute atomic E-state index is 0.307. The molecule has 5 aromatic rings. The number of hydrogen-bond acceptors (Lipinski definition) is 4. The van der Waals surface area contributed by atoms with Gasteiger partial charge in [0.05, 0.1) is 11.0 Å². The van der Waals surface area contributed by atoms with E-state index in [0.717, 1.165) is 33.6 Å². The molecule has 0 spiro atoms. The van der Waals surface area contributed by atoms with Gasteiger partial charge in [-0.3, -0.25) is 9.36 Å². The second-order valence-electron chi connectivity index (χ2n) is 8.09. The molecule has 3 N–H and O–H groups in total. The standard InChI is InChI=1S/C26H23N5O/c1-15-9-12-18(13-10-15)31-24(27)22(26(32)30-21-14-16(2)8-11-17(21)3)23-25(31)29-20-7-5-4-6-19(20)28-23/h4-14H,27H2,1-3H3,(H,30,32). The number of carbonyl (C=O) groups excluding carboxylic acids is 1. The zero-order valence-corrected chi connectivity index (χ0v) is 18.2. The minimum atomic E-state index is -0.309. The van der Waals surface area contributed by atoms with Crippen molar-refractivity contribution in [3.05, 3.63) is 89.0 Å². The maximum absolute atomic E-state index is 13.5. The van der Waals surface area contributed by atoms with Crippen LogP contribution < -0.4 is 11.1 Å². The van der Waals surface area contributed by atoms with Crippen LogP contribution in [0.5, 0.6) is 0 Å². The van der Waals surface area contributed by atoms with Crippen molar-refractivity contribution >= 4 is 39.6 Å². The minimum Gasteiger partial charge on any atom is -0.384 e. The molecule has 32 heavy (non-hydrogen) atoms. The molecule has 0 unspecified atom stereocenters. The summed E-state index contributed by atoms with van der Waals surface area (Å²) in [4.78, 5) is 23.1. The van der Waals surface area contributed by atoms with Crippen LogP contribution in [0.25, 0.3) is 27.9 Å².